The van der Waals surface area contributed by atoms with Crippen molar-refractivity contribution >= 4 is 22.9 Å². The zero-order valence-corrected chi connectivity index (χ0v) is 11.3. The highest BCUT2D eigenvalue weighted by Crippen LogP contribution is 2.29. The lowest BCUT2D eigenvalue weighted by molar-refractivity contribution is 0.168. The summed E-state index contributed by atoms with van der Waals surface area (Å²) in [4.78, 5) is 1.30. The van der Waals surface area contributed by atoms with Crippen LogP contribution in [0.25, 0.3) is 0 Å². The van der Waals surface area contributed by atoms with E-state index in [0.29, 0.717) is 11.4 Å². The molecule has 1 N–H and O–H groups in total. The second-order valence-electron chi connectivity index (χ2n) is 4.11. The fourth-order valence-corrected chi connectivity index (χ4v) is 2.79. The summed E-state index contributed by atoms with van der Waals surface area (Å²) in [5.41, 5.74) is 1.85. The molecule has 0 bridgehead atoms. The first-order valence-corrected chi connectivity index (χ1v) is 6.89. The van der Waals surface area contributed by atoms with Gasteiger partial charge in [-0.3, -0.25) is 0 Å². The van der Waals surface area contributed by atoms with Gasteiger partial charge < -0.3 is 5.11 Å². The molecule has 0 aliphatic carbocycles. The van der Waals surface area contributed by atoms with Crippen molar-refractivity contribution in [3.05, 3.63) is 56.7 Å². The third-order valence-electron chi connectivity index (χ3n) is 2.82. The third kappa shape index (κ3) is 3.09. The quantitative estimate of drug-likeness (QED) is 0.871. The van der Waals surface area contributed by atoms with Gasteiger partial charge in [-0.2, -0.15) is 0 Å². The van der Waals surface area contributed by atoms with Gasteiger partial charge in [0.1, 0.15) is 0 Å². The Morgan fingerprint density at radius 1 is 1.29 bits per heavy atom. The lowest BCUT2D eigenvalue weighted by Gasteiger charge is -2.13. The van der Waals surface area contributed by atoms with Crippen LogP contribution in [0.3, 0.4) is 0 Å². The number of rotatable bonds is 4. The van der Waals surface area contributed by atoms with Crippen LogP contribution < -0.4 is 0 Å². The SMILES string of the molecule is Cc1cccc(C(O)CCc2cccs2)c1Cl. The van der Waals surface area contributed by atoms with E-state index in [-0.39, 0.29) is 0 Å². The summed E-state index contributed by atoms with van der Waals surface area (Å²) in [6.45, 7) is 1.96. The molecule has 2 rings (SSSR count). The molecular formula is C14H15ClOS. The number of benzene rings is 1. The lowest BCUT2D eigenvalue weighted by Crippen LogP contribution is -2.00. The molecule has 0 aliphatic heterocycles. The van der Waals surface area contributed by atoms with Crippen molar-refractivity contribution < 1.29 is 5.11 Å². The van der Waals surface area contributed by atoms with E-state index in [2.05, 4.69) is 11.4 Å². The number of halogens is 1. The average molecular weight is 267 g/mol. The molecule has 0 saturated heterocycles. The summed E-state index contributed by atoms with van der Waals surface area (Å²) in [5.74, 6) is 0. The van der Waals surface area contributed by atoms with Crippen molar-refractivity contribution in [3.8, 4) is 0 Å². The van der Waals surface area contributed by atoms with Crippen LogP contribution in [0.2, 0.25) is 5.02 Å². The van der Waals surface area contributed by atoms with Gasteiger partial charge in [0.15, 0.2) is 0 Å². The third-order valence-corrected chi connectivity index (χ3v) is 4.28. The Hall–Kier alpha value is -0.830. The molecule has 1 aromatic heterocycles. The molecule has 0 spiro atoms. The Bertz CT molecular complexity index is 479. The average Bonchev–Trinajstić information content (AvgIpc) is 2.82. The number of aryl methyl sites for hydroxylation is 2. The van der Waals surface area contributed by atoms with E-state index in [1.807, 2.05) is 31.2 Å². The highest BCUT2D eigenvalue weighted by molar-refractivity contribution is 7.09. The molecule has 1 aromatic carbocycles. The van der Waals surface area contributed by atoms with Crippen LogP contribution >= 0.6 is 22.9 Å². The van der Waals surface area contributed by atoms with Crippen molar-refractivity contribution in [2.75, 3.05) is 0 Å². The van der Waals surface area contributed by atoms with Crippen molar-refractivity contribution in [2.45, 2.75) is 25.9 Å². The molecule has 0 saturated carbocycles. The molecule has 2 aromatic rings. The van der Waals surface area contributed by atoms with Gasteiger partial charge in [0, 0.05) is 9.90 Å². The van der Waals surface area contributed by atoms with E-state index in [9.17, 15) is 5.11 Å². The van der Waals surface area contributed by atoms with Crippen LogP contribution in [-0.4, -0.2) is 5.11 Å². The second kappa shape index (κ2) is 5.67. The smallest absolute Gasteiger partial charge is 0.0808 e. The van der Waals surface area contributed by atoms with Crippen molar-refractivity contribution in [3.63, 3.8) is 0 Å². The second-order valence-corrected chi connectivity index (χ2v) is 5.52. The van der Waals surface area contributed by atoms with Gasteiger partial charge in [0.05, 0.1) is 6.10 Å². The molecule has 0 aliphatic rings. The van der Waals surface area contributed by atoms with Gasteiger partial charge in [-0.05, 0) is 42.3 Å². The van der Waals surface area contributed by atoms with Gasteiger partial charge in [0.25, 0.3) is 0 Å². The minimum Gasteiger partial charge on any atom is -0.388 e. The van der Waals surface area contributed by atoms with E-state index in [4.69, 9.17) is 11.6 Å². The minimum atomic E-state index is -0.482. The molecule has 1 heterocycles. The molecule has 0 amide bonds. The van der Waals surface area contributed by atoms with E-state index >= 15 is 0 Å². The molecule has 0 fully saturated rings. The monoisotopic (exact) mass is 266 g/mol. The highest BCUT2D eigenvalue weighted by atomic mass is 35.5. The summed E-state index contributed by atoms with van der Waals surface area (Å²) in [6, 6.07) is 9.92. The molecule has 1 nitrogen and oxygen atoms in total. The molecule has 3 heteroatoms. The van der Waals surface area contributed by atoms with Crippen LogP contribution in [0.5, 0.6) is 0 Å². The maximum Gasteiger partial charge on any atom is 0.0808 e. The number of hydrogen-bond donors (Lipinski definition) is 1. The van der Waals surface area contributed by atoms with Gasteiger partial charge in [-0.1, -0.05) is 35.9 Å². The van der Waals surface area contributed by atoms with E-state index < -0.39 is 6.10 Å². The van der Waals surface area contributed by atoms with Crippen molar-refractivity contribution in [2.24, 2.45) is 0 Å². The summed E-state index contributed by atoms with van der Waals surface area (Å²) >= 11 is 7.91. The first kappa shape index (κ1) is 12.6. The predicted molar refractivity (Wildman–Crippen MR) is 73.8 cm³/mol. The Balaban J connectivity index is 2.04. The maximum atomic E-state index is 10.1. The maximum absolute atomic E-state index is 10.1. The topological polar surface area (TPSA) is 20.2 Å². The van der Waals surface area contributed by atoms with Gasteiger partial charge in [-0.25, -0.2) is 0 Å². The first-order valence-electron chi connectivity index (χ1n) is 5.64. The summed E-state index contributed by atoms with van der Waals surface area (Å²) in [6.07, 6.45) is 1.12. The van der Waals surface area contributed by atoms with Crippen LogP contribution in [0.4, 0.5) is 0 Å². The predicted octanol–water partition coefficient (Wildman–Crippen LogP) is 4.38. The highest BCUT2D eigenvalue weighted by Gasteiger charge is 2.12. The molecule has 0 radical (unpaired) electrons. The van der Waals surface area contributed by atoms with Gasteiger partial charge in [-0.15, -0.1) is 11.3 Å². The number of hydrogen-bond acceptors (Lipinski definition) is 2. The van der Waals surface area contributed by atoms with Crippen LogP contribution in [0.1, 0.15) is 28.5 Å². The Labute approximate surface area is 111 Å². The largest absolute Gasteiger partial charge is 0.388 e. The Morgan fingerprint density at radius 3 is 2.82 bits per heavy atom. The van der Waals surface area contributed by atoms with Crippen LogP contribution in [-0.2, 0) is 6.42 Å². The minimum absolute atomic E-state index is 0.482. The number of thiophene rings is 1. The van der Waals surface area contributed by atoms with Gasteiger partial charge in [0.2, 0.25) is 0 Å². The van der Waals surface area contributed by atoms with Crippen molar-refractivity contribution in [1.29, 1.82) is 0 Å². The summed E-state index contributed by atoms with van der Waals surface area (Å²) < 4.78 is 0. The number of aliphatic hydroxyl groups excluding tert-OH is 1. The van der Waals surface area contributed by atoms with Crippen molar-refractivity contribution in [1.82, 2.24) is 0 Å². The molecule has 17 heavy (non-hydrogen) atoms. The fraction of sp³-hybridized carbons (Fsp3) is 0.286. The lowest BCUT2D eigenvalue weighted by atomic mass is 10.0. The number of aliphatic hydroxyl groups is 1. The van der Waals surface area contributed by atoms with E-state index in [1.54, 1.807) is 11.3 Å². The van der Waals surface area contributed by atoms with Crippen LogP contribution in [0, 0.1) is 6.92 Å². The normalized spacial score (nSPS) is 12.6. The molecular weight excluding hydrogens is 252 g/mol. The fourth-order valence-electron chi connectivity index (χ4n) is 1.82. The van der Waals surface area contributed by atoms with Crippen LogP contribution in [0.15, 0.2) is 35.7 Å². The zero-order valence-electron chi connectivity index (χ0n) is 9.69. The summed E-state index contributed by atoms with van der Waals surface area (Å²) in [5, 5.41) is 12.9. The Kier molecular flexibility index (Phi) is 4.21. The van der Waals surface area contributed by atoms with E-state index in [0.717, 1.165) is 17.5 Å². The molecule has 90 valence electrons. The first-order chi connectivity index (χ1) is 8.18. The van der Waals surface area contributed by atoms with E-state index in [1.165, 1.54) is 4.88 Å². The molecule has 1 atom stereocenters. The summed E-state index contributed by atoms with van der Waals surface area (Å²) in [7, 11) is 0. The zero-order chi connectivity index (χ0) is 12.3. The molecule has 1 unspecified atom stereocenters. The Morgan fingerprint density at radius 2 is 2.12 bits per heavy atom. The standard InChI is InChI=1S/C14H15ClOS/c1-10-4-2-6-12(14(10)15)13(16)8-7-11-5-3-9-17-11/h2-6,9,13,16H,7-8H2,1H3. The van der Waals surface area contributed by atoms with Gasteiger partial charge >= 0.3 is 0 Å².